The number of carbonyl (C=O) groups is 3. The van der Waals surface area contributed by atoms with E-state index < -0.39 is 17.8 Å². The molecule has 2 amide bonds. The second-order valence-electron chi connectivity index (χ2n) is 6.94. The lowest BCUT2D eigenvalue weighted by atomic mass is 10.1. The molecule has 3 aromatic rings. The van der Waals surface area contributed by atoms with Crippen LogP contribution in [0.3, 0.4) is 0 Å². The van der Waals surface area contributed by atoms with Gasteiger partial charge in [-0.15, -0.1) is 0 Å². The number of hydrazone groups is 1. The molecule has 0 aromatic heterocycles. The molecule has 0 bridgehead atoms. The normalized spacial score (nSPS) is 10.7. The molecule has 0 aliphatic rings. The summed E-state index contributed by atoms with van der Waals surface area (Å²) in [6, 6.07) is 19.9. The Bertz CT molecular complexity index is 1210. The average Bonchev–Trinajstić information content (AvgIpc) is 2.88. The van der Waals surface area contributed by atoms with E-state index in [0.717, 1.165) is 0 Å². The molecule has 0 atom stereocenters. The van der Waals surface area contributed by atoms with Gasteiger partial charge in [0.1, 0.15) is 5.75 Å². The smallest absolute Gasteiger partial charge is 0.343 e. The van der Waals surface area contributed by atoms with Crippen molar-refractivity contribution in [1.82, 2.24) is 5.43 Å². The first-order valence-electron chi connectivity index (χ1n) is 10.2. The van der Waals surface area contributed by atoms with E-state index >= 15 is 0 Å². The van der Waals surface area contributed by atoms with E-state index in [4.69, 9.17) is 14.2 Å². The number of benzene rings is 3. The third kappa shape index (κ3) is 6.19. The van der Waals surface area contributed by atoms with Crippen LogP contribution in [0, 0.1) is 0 Å². The van der Waals surface area contributed by atoms with Crippen molar-refractivity contribution >= 4 is 29.2 Å². The first-order chi connectivity index (χ1) is 16.4. The van der Waals surface area contributed by atoms with Crippen molar-refractivity contribution < 1.29 is 28.6 Å². The molecule has 2 N–H and O–H groups in total. The number of nitrogens with zero attached hydrogens (tertiary/aromatic N) is 1. The lowest BCUT2D eigenvalue weighted by Gasteiger charge is -2.11. The van der Waals surface area contributed by atoms with Crippen LogP contribution in [0.4, 0.5) is 5.69 Å². The third-order valence-corrected chi connectivity index (χ3v) is 4.67. The monoisotopic (exact) mass is 461 g/mol. The minimum Gasteiger partial charge on any atom is -0.497 e. The summed E-state index contributed by atoms with van der Waals surface area (Å²) >= 11 is 0. The van der Waals surface area contributed by atoms with Gasteiger partial charge in [0, 0.05) is 11.3 Å². The second-order valence-corrected chi connectivity index (χ2v) is 6.94. The molecule has 9 nitrogen and oxygen atoms in total. The van der Waals surface area contributed by atoms with Crippen molar-refractivity contribution in [2.24, 2.45) is 5.10 Å². The van der Waals surface area contributed by atoms with Gasteiger partial charge in [0.05, 0.1) is 25.5 Å². The molecule has 9 heteroatoms. The Morgan fingerprint density at radius 1 is 0.765 bits per heavy atom. The predicted octanol–water partition coefficient (Wildman–Crippen LogP) is 3.40. The maximum atomic E-state index is 12.3. The molecule has 0 heterocycles. The number of esters is 1. The van der Waals surface area contributed by atoms with Crippen LogP contribution in [0.2, 0.25) is 0 Å². The Morgan fingerprint density at radius 2 is 1.47 bits per heavy atom. The van der Waals surface area contributed by atoms with Crippen LogP contribution in [-0.4, -0.2) is 37.7 Å². The number of hydrogen-bond donors (Lipinski definition) is 2. The zero-order valence-electron chi connectivity index (χ0n) is 18.8. The van der Waals surface area contributed by atoms with Gasteiger partial charge in [0.25, 0.3) is 0 Å². The van der Waals surface area contributed by atoms with Gasteiger partial charge in [-0.3, -0.25) is 9.59 Å². The second kappa shape index (κ2) is 11.3. The van der Waals surface area contributed by atoms with Crippen molar-refractivity contribution in [1.29, 1.82) is 0 Å². The van der Waals surface area contributed by atoms with E-state index in [1.54, 1.807) is 79.7 Å². The van der Waals surface area contributed by atoms with Gasteiger partial charge in [0.2, 0.25) is 0 Å². The van der Waals surface area contributed by atoms with Gasteiger partial charge in [-0.25, -0.2) is 10.2 Å². The SMILES string of the molecule is COc1ccc(NC(=O)C(=O)NN=C(C)c2ccc(OC(=O)c3ccccc3)c(OC)c2)cc1. The fourth-order valence-corrected chi connectivity index (χ4v) is 2.82. The van der Waals surface area contributed by atoms with Crippen molar-refractivity contribution in [3.05, 3.63) is 83.9 Å². The largest absolute Gasteiger partial charge is 0.497 e. The Balaban J connectivity index is 1.64. The van der Waals surface area contributed by atoms with Crippen LogP contribution < -0.4 is 25.0 Å². The molecular weight excluding hydrogens is 438 g/mol. The van der Waals surface area contributed by atoms with Crippen LogP contribution in [0.15, 0.2) is 77.9 Å². The maximum absolute atomic E-state index is 12.3. The van der Waals surface area contributed by atoms with Crippen LogP contribution in [-0.2, 0) is 9.59 Å². The highest BCUT2D eigenvalue weighted by Crippen LogP contribution is 2.29. The van der Waals surface area contributed by atoms with Gasteiger partial charge in [-0.2, -0.15) is 5.10 Å². The molecule has 3 rings (SSSR count). The van der Waals surface area contributed by atoms with Gasteiger partial charge in [-0.05, 0) is 61.5 Å². The summed E-state index contributed by atoms with van der Waals surface area (Å²) in [7, 11) is 2.97. The van der Waals surface area contributed by atoms with Crippen molar-refractivity contribution in [3.63, 3.8) is 0 Å². The summed E-state index contributed by atoms with van der Waals surface area (Å²) in [6.07, 6.45) is 0. The summed E-state index contributed by atoms with van der Waals surface area (Å²) in [5.41, 5.74) is 4.05. The summed E-state index contributed by atoms with van der Waals surface area (Å²) < 4.78 is 15.8. The third-order valence-electron chi connectivity index (χ3n) is 4.67. The highest BCUT2D eigenvalue weighted by atomic mass is 16.6. The molecule has 0 fully saturated rings. The molecule has 0 aliphatic carbocycles. The standard InChI is InChI=1S/C25H23N3O6/c1-16(27-28-24(30)23(29)26-19-10-12-20(32-2)13-11-19)18-9-14-21(22(15-18)33-3)34-25(31)17-7-5-4-6-8-17/h4-15H,1-3H3,(H,26,29)(H,28,30). The van der Waals surface area contributed by atoms with Crippen LogP contribution in [0.1, 0.15) is 22.8 Å². The lowest BCUT2D eigenvalue weighted by molar-refractivity contribution is -0.136. The fraction of sp³-hybridized carbons (Fsp3) is 0.120. The molecule has 174 valence electrons. The number of hydrogen-bond acceptors (Lipinski definition) is 7. The van der Waals surface area contributed by atoms with E-state index in [1.165, 1.54) is 14.2 Å². The van der Waals surface area contributed by atoms with Crippen LogP contribution >= 0.6 is 0 Å². The van der Waals surface area contributed by atoms with Crippen molar-refractivity contribution in [2.75, 3.05) is 19.5 Å². The topological polar surface area (TPSA) is 115 Å². The molecule has 0 spiro atoms. The molecule has 3 aromatic carbocycles. The Hall–Kier alpha value is -4.66. The van der Waals surface area contributed by atoms with E-state index in [0.29, 0.717) is 34.0 Å². The van der Waals surface area contributed by atoms with Gasteiger partial charge < -0.3 is 19.5 Å². The van der Waals surface area contributed by atoms with E-state index in [2.05, 4.69) is 15.8 Å². The minimum absolute atomic E-state index is 0.232. The number of amides is 2. The molecule has 34 heavy (non-hydrogen) atoms. The number of carbonyl (C=O) groups excluding carboxylic acids is 3. The number of ether oxygens (including phenoxy) is 3. The Kier molecular flexibility index (Phi) is 7.96. The average molecular weight is 461 g/mol. The van der Waals surface area contributed by atoms with E-state index in [9.17, 15) is 14.4 Å². The number of nitrogens with one attached hydrogen (secondary N) is 2. The van der Waals surface area contributed by atoms with Gasteiger partial charge in [-0.1, -0.05) is 18.2 Å². The molecule has 0 radical (unpaired) electrons. The summed E-state index contributed by atoms with van der Waals surface area (Å²) in [5, 5.41) is 6.44. The molecule has 0 saturated heterocycles. The number of rotatable bonds is 7. The number of anilines is 1. The maximum Gasteiger partial charge on any atom is 0.343 e. The van der Waals surface area contributed by atoms with E-state index in [-0.39, 0.29) is 5.75 Å². The Morgan fingerprint density at radius 3 is 2.12 bits per heavy atom. The van der Waals surface area contributed by atoms with Gasteiger partial charge in [0.15, 0.2) is 11.5 Å². The zero-order chi connectivity index (χ0) is 24.5. The summed E-state index contributed by atoms with van der Waals surface area (Å²) in [5.74, 6) is -1.17. The minimum atomic E-state index is -0.935. The van der Waals surface area contributed by atoms with Crippen LogP contribution in [0.5, 0.6) is 17.2 Å². The van der Waals surface area contributed by atoms with E-state index in [1.807, 2.05) is 0 Å². The molecular formula is C25H23N3O6. The van der Waals surface area contributed by atoms with Crippen molar-refractivity contribution in [2.45, 2.75) is 6.92 Å². The highest BCUT2D eigenvalue weighted by Gasteiger charge is 2.15. The number of methoxy groups -OCH3 is 2. The zero-order valence-corrected chi connectivity index (χ0v) is 18.8. The predicted molar refractivity (Wildman–Crippen MR) is 126 cm³/mol. The fourth-order valence-electron chi connectivity index (χ4n) is 2.82. The van der Waals surface area contributed by atoms with Crippen LogP contribution in [0.25, 0.3) is 0 Å². The molecule has 0 saturated carbocycles. The highest BCUT2D eigenvalue weighted by molar-refractivity contribution is 6.39. The quantitative estimate of drug-likeness (QED) is 0.183. The molecule has 0 aliphatic heterocycles. The summed E-state index contributed by atoms with van der Waals surface area (Å²) in [6.45, 7) is 1.64. The first-order valence-corrected chi connectivity index (χ1v) is 10.2. The van der Waals surface area contributed by atoms with Crippen molar-refractivity contribution in [3.8, 4) is 17.2 Å². The Labute approximate surface area is 196 Å². The van der Waals surface area contributed by atoms with Gasteiger partial charge >= 0.3 is 17.8 Å². The summed E-state index contributed by atoms with van der Waals surface area (Å²) in [4.78, 5) is 36.5. The lowest BCUT2D eigenvalue weighted by Crippen LogP contribution is -2.32. The molecule has 0 unspecified atom stereocenters. The first kappa shape index (κ1) is 24.0.